The number of hydrogen-bond donors (Lipinski definition) is 1. The summed E-state index contributed by atoms with van der Waals surface area (Å²) in [5.74, 6) is 0. The molecule has 0 aliphatic rings. The largest absolute Gasteiger partial charge is 0.416 e. The van der Waals surface area contributed by atoms with E-state index in [1.165, 1.54) is 0 Å². The SMILES string of the molecule is Cl.N[C@@H](CC(F)F)c1cc(C(F)(F)F)ccc1C(F)(F)F. The van der Waals surface area contributed by atoms with Gasteiger partial charge in [0.15, 0.2) is 0 Å². The van der Waals surface area contributed by atoms with Gasteiger partial charge >= 0.3 is 12.4 Å². The molecule has 0 saturated carbocycles. The van der Waals surface area contributed by atoms with Crippen molar-refractivity contribution in [2.24, 2.45) is 5.73 Å². The van der Waals surface area contributed by atoms with E-state index in [0.29, 0.717) is 0 Å². The van der Waals surface area contributed by atoms with Gasteiger partial charge in [-0.05, 0) is 23.8 Å². The molecule has 10 heteroatoms. The molecule has 0 bridgehead atoms. The summed E-state index contributed by atoms with van der Waals surface area (Å²) in [6, 6.07) is -1.24. The van der Waals surface area contributed by atoms with E-state index in [-0.39, 0.29) is 30.6 Å². The second kappa shape index (κ2) is 6.78. The summed E-state index contributed by atoms with van der Waals surface area (Å²) in [6.45, 7) is 0. The molecule has 1 rings (SSSR count). The van der Waals surface area contributed by atoms with Crippen LogP contribution < -0.4 is 5.73 Å². The molecule has 0 heterocycles. The Kier molecular flexibility index (Phi) is 6.43. The summed E-state index contributed by atoms with van der Waals surface area (Å²) >= 11 is 0. The summed E-state index contributed by atoms with van der Waals surface area (Å²) < 4.78 is 99.6. The van der Waals surface area contributed by atoms with E-state index in [0.717, 1.165) is 0 Å². The van der Waals surface area contributed by atoms with Crippen LogP contribution in [0.5, 0.6) is 0 Å². The van der Waals surface area contributed by atoms with Crippen molar-refractivity contribution in [2.45, 2.75) is 31.2 Å². The Bertz CT molecular complexity index is 468. The third-order valence-corrected chi connectivity index (χ3v) is 2.52. The van der Waals surface area contributed by atoms with Crippen molar-refractivity contribution in [1.29, 1.82) is 0 Å². The maximum absolute atomic E-state index is 12.7. The minimum atomic E-state index is -4.97. The fourth-order valence-corrected chi connectivity index (χ4v) is 1.62. The number of rotatable bonds is 3. The lowest BCUT2D eigenvalue weighted by Gasteiger charge is -2.20. The first kappa shape index (κ1) is 19.9. The lowest BCUT2D eigenvalue weighted by molar-refractivity contribution is -0.142. The zero-order valence-corrected chi connectivity index (χ0v) is 10.9. The molecule has 1 aromatic carbocycles. The van der Waals surface area contributed by atoms with Gasteiger partial charge < -0.3 is 5.73 Å². The fraction of sp³-hybridized carbons (Fsp3) is 0.455. The molecule has 0 aromatic heterocycles. The van der Waals surface area contributed by atoms with Gasteiger partial charge in [-0.3, -0.25) is 0 Å². The first-order valence-corrected chi connectivity index (χ1v) is 5.25. The summed E-state index contributed by atoms with van der Waals surface area (Å²) in [6.07, 6.45) is -14.0. The van der Waals surface area contributed by atoms with E-state index in [2.05, 4.69) is 0 Å². The second-order valence-corrected chi connectivity index (χ2v) is 4.03. The van der Waals surface area contributed by atoms with Gasteiger partial charge in [0.05, 0.1) is 11.1 Å². The molecular weight excluding hydrogens is 334 g/mol. The molecule has 1 aromatic rings. The number of alkyl halides is 8. The summed E-state index contributed by atoms with van der Waals surface area (Å²) in [5.41, 5.74) is 1.35. The van der Waals surface area contributed by atoms with Crippen molar-refractivity contribution in [3.8, 4) is 0 Å². The molecule has 21 heavy (non-hydrogen) atoms. The molecule has 1 atom stereocenters. The van der Waals surface area contributed by atoms with E-state index in [1.807, 2.05) is 0 Å². The second-order valence-electron chi connectivity index (χ2n) is 4.03. The van der Waals surface area contributed by atoms with E-state index in [1.54, 1.807) is 0 Å². The normalized spacial score (nSPS) is 14.0. The Morgan fingerprint density at radius 1 is 0.952 bits per heavy atom. The van der Waals surface area contributed by atoms with Crippen molar-refractivity contribution in [2.75, 3.05) is 0 Å². The maximum Gasteiger partial charge on any atom is 0.416 e. The van der Waals surface area contributed by atoms with Gasteiger partial charge in [0.1, 0.15) is 0 Å². The Labute approximate surface area is 120 Å². The maximum atomic E-state index is 12.7. The van der Waals surface area contributed by atoms with Crippen molar-refractivity contribution in [1.82, 2.24) is 0 Å². The predicted molar refractivity (Wildman–Crippen MR) is 61.2 cm³/mol. The minimum absolute atomic E-state index is 0. The average molecular weight is 344 g/mol. The molecular formula is C11H10ClF8N. The molecule has 0 aliphatic heterocycles. The summed E-state index contributed by atoms with van der Waals surface area (Å²) in [4.78, 5) is 0. The quantitative estimate of drug-likeness (QED) is 0.784. The topological polar surface area (TPSA) is 26.0 Å². The van der Waals surface area contributed by atoms with Gasteiger partial charge in [0.25, 0.3) is 0 Å². The number of benzene rings is 1. The van der Waals surface area contributed by atoms with Crippen molar-refractivity contribution in [3.63, 3.8) is 0 Å². The Morgan fingerprint density at radius 3 is 1.86 bits per heavy atom. The molecule has 1 nitrogen and oxygen atoms in total. The Balaban J connectivity index is 0.00000400. The van der Waals surface area contributed by atoms with Gasteiger partial charge in [0.2, 0.25) is 6.43 Å². The highest BCUT2D eigenvalue weighted by Gasteiger charge is 2.38. The monoisotopic (exact) mass is 343 g/mol. The van der Waals surface area contributed by atoms with Crippen LogP contribution in [0.2, 0.25) is 0 Å². The van der Waals surface area contributed by atoms with Gasteiger partial charge in [-0.1, -0.05) is 0 Å². The molecule has 0 spiro atoms. The van der Waals surface area contributed by atoms with Crippen LogP contribution in [0.25, 0.3) is 0 Å². The number of halogens is 9. The van der Waals surface area contributed by atoms with Gasteiger partial charge in [-0.2, -0.15) is 26.3 Å². The molecule has 2 N–H and O–H groups in total. The predicted octanol–water partition coefficient (Wildman–Crippen LogP) is 4.80. The van der Waals surface area contributed by atoms with Gasteiger partial charge in [-0.15, -0.1) is 12.4 Å². The highest BCUT2D eigenvalue weighted by Crippen LogP contribution is 2.39. The van der Waals surface area contributed by atoms with Gasteiger partial charge in [0, 0.05) is 12.5 Å². The lowest BCUT2D eigenvalue weighted by atomic mass is 9.95. The third-order valence-electron chi connectivity index (χ3n) is 2.52. The van der Waals surface area contributed by atoms with Crippen molar-refractivity contribution in [3.05, 3.63) is 34.9 Å². The van der Waals surface area contributed by atoms with Crippen LogP contribution >= 0.6 is 12.4 Å². The minimum Gasteiger partial charge on any atom is -0.324 e. The molecule has 0 radical (unpaired) electrons. The molecule has 0 saturated heterocycles. The molecule has 0 amide bonds. The number of hydrogen-bond acceptors (Lipinski definition) is 1. The lowest BCUT2D eigenvalue weighted by Crippen LogP contribution is -2.21. The first-order valence-electron chi connectivity index (χ1n) is 5.25. The zero-order valence-electron chi connectivity index (χ0n) is 10.1. The van der Waals surface area contributed by atoms with Crippen molar-refractivity contribution >= 4 is 12.4 Å². The van der Waals surface area contributed by atoms with Crippen LogP contribution in [-0.4, -0.2) is 6.43 Å². The standard InChI is InChI=1S/C11H9F8N.ClH/c12-9(13)4-8(20)6-3-5(10(14,15)16)1-2-7(6)11(17,18)19;/h1-3,8-9H,4,20H2;1H/t8-;/m0./s1. The first-order chi connectivity index (χ1) is 8.93. The van der Waals surface area contributed by atoms with Crippen LogP contribution in [0.4, 0.5) is 35.1 Å². The van der Waals surface area contributed by atoms with Crippen LogP contribution in [-0.2, 0) is 12.4 Å². The van der Waals surface area contributed by atoms with Gasteiger partial charge in [-0.25, -0.2) is 8.78 Å². The Hall–Kier alpha value is -1.09. The average Bonchev–Trinajstić information content (AvgIpc) is 2.24. The third kappa shape index (κ3) is 5.31. The fourth-order valence-electron chi connectivity index (χ4n) is 1.62. The molecule has 0 aliphatic carbocycles. The van der Waals surface area contributed by atoms with Crippen LogP contribution in [0, 0.1) is 0 Å². The smallest absolute Gasteiger partial charge is 0.324 e. The summed E-state index contributed by atoms with van der Waals surface area (Å²) in [5, 5.41) is 0. The van der Waals surface area contributed by atoms with Crippen LogP contribution in [0.3, 0.4) is 0 Å². The van der Waals surface area contributed by atoms with Crippen LogP contribution in [0.1, 0.15) is 29.2 Å². The molecule has 122 valence electrons. The van der Waals surface area contributed by atoms with E-state index < -0.39 is 47.9 Å². The summed E-state index contributed by atoms with van der Waals surface area (Å²) in [7, 11) is 0. The van der Waals surface area contributed by atoms with E-state index in [4.69, 9.17) is 5.73 Å². The van der Waals surface area contributed by atoms with E-state index >= 15 is 0 Å². The number of nitrogens with two attached hydrogens (primary N) is 1. The van der Waals surface area contributed by atoms with Crippen molar-refractivity contribution < 1.29 is 35.1 Å². The molecule has 0 unspecified atom stereocenters. The van der Waals surface area contributed by atoms with Crippen LogP contribution in [0.15, 0.2) is 18.2 Å². The highest BCUT2D eigenvalue weighted by atomic mass is 35.5. The Morgan fingerprint density at radius 2 is 1.48 bits per heavy atom. The zero-order chi connectivity index (χ0) is 15.7. The van der Waals surface area contributed by atoms with E-state index in [9.17, 15) is 35.1 Å². The molecule has 0 fully saturated rings. The highest BCUT2D eigenvalue weighted by molar-refractivity contribution is 5.85.